The first-order valence-electron chi connectivity index (χ1n) is 6.43. The quantitative estimate of drug-likeness (QED) is 0.773. The molecule has 2 heterocycles. The molecule has 92 valence electrons. The molecule has 0 saturated carbocycles. The summed E-state index contributed by atoms with van der Waals surface area (Å²) in [4.78, 5) is 15.7. The van der Waals surface area contributed by atoms with E-state index in [0.717, 1.165) is 39.0 Å². The summed E-state index contributed by atoms with van der Waals surface area (Å²) in [6, 6.07) is 0. The van der Waals surface area contributed by atoms with Crippen molar-refractivity contribution < 1.29 is 9.90 Å². The average molecular weight is 226 g/mol. The Hall–Kier alpha value is -0.610. The van der Waals surface area contributed by atoms with Gasteiger partial charge in [0.2, 0.25) is 0 Å². The maximum absolute atomic E-state index is 10.8. The van der Waals surface area contributed by atoms with E-state index >= 15 is 0 Å². The molecule has 0 amide bonds. The van der Waals surface area contributed by atoms with Crippen molar-refractivity contribution in [2.75, 3.05) is 39.3 Å². The van der Waals surface area contributed by atoms with Crippen LogP contribution in [0.4, 0.5) is 0 Å². The zero-order valence-corrected chi connectivity index (χ0v) is 9.90. The van der Waals surface area contributed by atoms with Crippen LogP contribution in [0.15, 0.2) is 0 Å². The Bertz CT molecular complexity index is 231. The third-order valence-corrected chi connectivity index (χ3v) is 3.87. The van der Waals surface area contributed by atoms with Crippen LogP contribution >= 0.6 is 0 Å². The van der Waals surface area contributed by atoms with Crippen molar-refractivity contribution in [3.05, 3.63) is 0 Å². The van der Waals surface area contributed by atoms with Gasteiger partial charge in [-0.15, -0.1) is 0 Å². The summed E-state index contributed by atoms with van der Waals surface area (Å²) in [5.41, 5.74) is 0. The van der Waals surface area contributed by atoms with Crippen molar-refractivity contribution in [1.29, 1.82) is 0 Å². The van der Waals surface area contributed by atoms with E-state index in [4.69, 9.17) is 5.11 Å². The fraction of sp³-hybridized carbons (Fsp3) is 0.917. The molecule has 2 fully saturated rings. The van der Waals surface area contributed by atoms with Gasteiger partial charge in [0.1, 0.15) is 0 Å². The fourth-order valence-corrected chi connectivity index (χ4v) is 2.69. The normalized spacial score (nSPS) is 25.0. The Balaban J connectivity index is 1.63. The summed E-state index contributed by atoms with van der Waals surface area (Å²) in [6.07, 6.45) is 4.35. The molecule has 0 radical (unpaired) electrons. The van der Waals surface area contributed by atoms with E-state index in [0.29, 0.717) is 0 Å². The van der Waals surface area contributed by atoms with Crippen molar-refractivity contribution in [3.8, 4) is 0 Å². The molecule has 0 aromatic rings. The maximum atomic E-state index is 10.8. The minimum absolute atomic E-state index is 0.0944. The average Bonchev–Trinajstić information content (AvgIpc) is 2.80. The molecular formula is C12H22N2O2. The van der Waals surface area contributed by atoms with E-state index in [-0.39, 0.29) is 5.92 Å². The van der Waals surface area contributed by atoms with E-state index in [2.05, 4.69) is 9.80 Å². The van der Waals surface area contributed by atoms with Crippen molar-refractivity contribution in [2.45, 2.75) is 25.7 Å². The smallest absolute Gasteiger partial charge is 0.306 e. The molecule has 0 aliphatic carbocycles. The molecular weight excluding hydrogens is 204 g/mol. The highest BCUT2D eigenvalue weighted by molar-refractivity contribution is 5.70. The zero-order valence-electron chi connectivity index (χ0n) is 9.90. The number of aliphatic carboxylic acids is 1. The Morgan fingerprint density at radius 3 is 2.00 bits per heavy atom. The summed E-state index contributed by atoms with van der Waals surface area (Å²) in [7, 11) is 0. The van der Waals surface area contributed by atoms with Crippen molar-refractivity contribution in [1.82, 2.24) is 9.80 Å². The van der Waals surface area contributed by atoms with Gasteiger partial charge in [-0.2, -0.15) is 0 Å². The van der Waals surface area contributed by atoms with Crippen LogP contribution in [0.3, 0.4) is 0 Å². The number of carboxylic acids is 1. The molecule has 4 nitrogen and oxygen atoms in total. The summed E-state index contributed by atoms with van der Waals surface area (Å²) in [5, 5.41) is 8.90. The Kier molecular flexibility index (Phi) is 4.18. The first-order valence-corrected chi connectivity index (χ1v) is 6.43. The zero-order chi connectivity index (χ0) is 11.4. The number of hydrogen-bond donors (Lipinski definition) is 1. The second-order valence-electron chi connectivity index (χ2n) is 5.00. The van der Waals surface area contributed by atoms with Crippen LogP contribution in [-0.2, 0) is 4.79 Å². The lowest BCUT2D eigenvalue weighted by Gasteiger charge is -2.31. The van der Waals surface area contributed by atoms with Crippen LogP contribution in [0.2, 0.25) is 0 Å². The largest absolute Gasteiger partial charge is 0.481 e. The Labute approximate surface area is 97.2 Å². The molecule has 0 spiro atoms. The molecule has 0 aromatic heterocycles. The van der Waals surface area contributed by atoms with Gasteiger partial charge in [-0.25, -0.2) is 0 Å². The van der Waals surface area contributed by atoms with Gasteiger partial charge in [0.05, 0.1) is 5.92 Å². The first-order chi connectivity index (χ1) is 7.75. The van der Waals surface area contributed by atoms with E-state index in [9.17, 15) is 4.79 Å². The van der Waals surface area contributed by atoms with Gasteiger partial charge in [0, 0.05) is 13.1 Å². The SMILES string of the molecule is O=C(O)C1CCN(CCN2CCCC2)CC1. The van der Waals surface area contributed by atoms with Crippen LogP contribution in [0.5, 0.6) is 0 Å². The highest BCUT2D eigenvalue weighted by atomic mass is 16.4. The van der Waals surface area contributed by atoms with Crippen molar-refractivity contribution in [3.63, 3.8) is 0 Å². The monoisotopic (exact) mass is 226 g/mol. The van der Waals surface area contributed by atoms with Gasteiger partial charge in [-0.05, 0) is 51.9 Å². The molecule has 2 saturated heterocycles. The fourth-order valence-electron chi connectivity index (χ4n) is 2.69. The van der Waals surface area contributed by atoms with Gasteiger partial charge < -0.3 is 14.9 Å². The number of nitrogens with zero attached hydrogens (tertiary/aromatic N) is 2. The van der Waals surface area contributed by atoms with Crippen molar-refractivity contribution >= 4 is 5.97 Å². The first kappa shape index (κ1) is 11.9. The number of hydrogen-bond acceptors (Lipinski definition) is 3. The molecule has 4 heteroatoms. The Morgan fingerprint density at radius 1 is 1.00 bits per heavy atom. The molecule has 0 atom stereocenters. The second-order valence-corrected chi connectivity index (χ2v) is 5.00. The lowest BCUT2D eigenvalue weighted by atomic mass is 9.97. The number of likely N-dealkylation sites (tertiary alicyclic amines) is 2. The molecule has 16 heavy (non-hydrogen) atoms. The summed E-state index contributed by atoms with van der Waals surface area (Å²) >= 11 is 0. The predicted molar refractivity (Wildman–Crippen MR) is 62.5 cm³/mol. The van der Waals surface area contributed by atoms with E-state index in [1.165, 1.54) is 25.9 Å². The molecule has 0 unspecified atom stereocenters. The van der Waals surface area contributed by atoms with Crippen LogP contribution in [0.25, 0.3) is 0 Å². The standard InChI is InChI=1S/C12H22N2O2/c15-12(16)11-3-7-14(8-4-11)10-9-13-5-1-2-6-13/h11H,1-10H2,(H,15,16). The summed E-state index contributed by atoms with van der Waals surface area (Å²) in [6.45, 7) is 6.72. The Morgan fingerprint density at radius 2 is 1.50 bits per heavy atom. The van der Waals surface area contributed by atoms with Gasteiger partial charge >= 0.3 is 5.97 Å². The van der Waals surface area contributed by atoms with Crippen LogP contribution < -0.4 is 0 Å². The van der Waals surface area contributed by atoms with E-state index in [1.54, 1.807) is 0 Å². The summed E-state index contributed by atoms with van der Waals surface area (Å²) in [5.74, 6) is -0.706. The van der Waals surface area contributed by atoms with Crippen LogP contribution in [0, 0.1) is 5.92 Å². The van der Waals surface area contributed by atoms with Crippen LogP contribution in [-0.4, -0.2) is 60.1 Å². The van der Waals surface area contributed by atoms with Crippen LogP contribution in [0.1, 0.15) is 25.7 Å². The lowest BCUT2D eigenvalue weighted by molar-refractivity contribution is -0.143. The van der Waals surface area contributed by atoms with Gasteiger partial charge in [0.25, 0.3) is 0 Å². The highest BCUT2D eigenvalue weighted by Crippen LogP contribution is 2.17. The van der Waals surface area contributed by atoms with Crippen molar-refractivity contribution in [2.24, 2.45) is 5.92 Å². The summed E-state index contributed by atoms with van der Waals surface area (Å²) < 4.78 is 0. The predicted octanol–water partition coefficient (Wildman–Crippen LogP) is 0.879. The van der Waals surface area contributed by atoms with E-state index < -0.39 is 5.97 Å². The van der Waals surface area contributed by atoms with E-state index in [1.807, 2.05) is 0 Å². The molecule has 1 N–H and O–H groups in total. The lowest BCUT2D eigenvalue weighted by Crippen LogP contribution is -2.40. The maximum Gasteiger partial charge on any atom is 0.306 e. The molecule has 2 aliphatic rings. The molecule has 2 aliphatic heterocycles. The van der Waals surface area contributed by atoms with Gasteiger partial charge in [0.15, 0.2) is 0 Å². The number of rotatable bonds is 4. The third-order valence-electron chi connectivity index (χ3n) is 3.87. The molecule has 0 aromatic carbocycles. The molecule has 0 bridgehead atoms. The molecule has 2 rings (SSSR count). The number of carboxylic acid groups (broad SMARTS) is 1. The minimum Gasteiger partial charge on any atom is -0.481 e. The number of carbonyl (C=O) groups is 1. The number of piperidine rings is 1. The third kappa shape index (κ3) is 3.19. The minimum atomic E-state index is -0.612. The topological polar surface area (TPSA) is 43.8 Å². The second kappa shape index (κ2) is 5.64. The van der Waals surface area contributed by atoms with Gasteiger partial charge in [-0.1, -0.05) is 0 Å². The van der Waals surface area contributed by atoms with Gasteiger partial charge in [-0.3, -0.25) is 4.79 Å². The highest BCUT2D eigenvalue weighted by Gasteiger charge is 2.24.